The van der Waals surface area contributed by atoms with E-state index in [-0.39, 0.29) is 28.0 Å². The average molecular weight is 529 g/mol. The molecule has 8 N–H and O–H groups in total. The van der Waals surface area contributed by atoms with Crippen LogP contribution in [-0.4, -0.2) is 77.7 Å². The molecule has 0 aliphatic rings. The Morgan fingerprint density at radius 2 is 1.29 bits per heavy atom. The van der Waals surface area contributed by atoms with Gasteiger partial charge in [0.15, 0.2) is 27.6 Å². The second-order valence-corrected chi connectivity index (χ2v) is 9.66. The number of rotatable bonds is 11. The third-order valence-electron chi connectivity index (χ3n) is 4.64. The number of aromatic hydroxyl groups is 4. The van der Waals surface area contributed by atoms with E-state index in [0.717, 1.165) is 0 Å². The predicted octanol–water partition coefficient (Wildman–Crippen LogP) is 0.117. The lowest BCUT2D eigenvalue weighted by atomic mass is 10.00. The molecule has 2 rings (SSSR count). The van der Waals surface area contributed by atoms with Gasteiger partial charge >= 0.3 is 11.9 Å². The van der Waals surface area contributed by atoms with Crippen LogP contribution in [0.1, 0.15) is 39.1 Å². The Hall–Kier alpha value is -3.48. The number of carbonyl (C=O) groups is 2. The van der Waals surface area contributed by atoms with Crippen LogP contribution in [0.25, 0.3) is 0 Å². The van der Waals surface area contributed by atoms with Gasteiger partial charge < -0.3 is 30.6 Å². The minimum absolute atomic E-state index is 0.150. The van der Waals surface area contributed by atoms with E-state index in [1.165, 1.54) is 0 Å². The van der Waals surface area contributed by atoms with Crippen molar-refractivity contribution in [3.05, 3.63) is 12.1 Å². The molecule has 2 heterocycles. The van der Waals surface area contributed by atoms with Crippen LogP contribution in [0.3, 0.4) is 0 Å². The van der Waals surface area contributed by atoms with E-state index in [2.05, 4.69) is 0 Å². The minimum Gasteiger partial charge on any atom is -0.494 e. The number of aliphatic carboxylic acids is 2. The number of aromatic nitrogens is 2. The highest BCUT2D eigenvalue weighted by molar-refractivity contribution is 7.86. The predicted molar refractivity (Wildman–Crippen MR) is 107 cm³/mol. The largest absolute Gasteiger partial charge is 0.494 e. The van der Waals surface area contributed by atoms with E-state index < -0.39 is 90.4 Å². The maximum absolute atomic E-state index is 12.3. The van der Waals surface area contributed by atoms with Crippen molar-refractivity contribution in [1.82, 2.24) is 9.13 Å². The van der Waals surface area contributed by atoms with Crippen LogP contribution in [0.2, 0.25) is 0 Å². The third kappa shape index (κ3) is 5.35. The van der Waals surface area contributed by atoms with Gasteiger partial charge in [-0.05, 0) is 12.8 Å². The van der Waals surface area contributed by atoms with E-state index in [4.69, 9.17) is 6.48 Å². The lowest BCUT2D eigenvalue weighted by Gasteiger charge is -2.28. The zero-order chi connectivity index (χ0) is 27.1. The Morgan fingerprint density at radius 3 is 1.68 bits per heavy atom. The van der Waals surface area contributed by atoms with Crippen LogP contribution in [0.5, 0.6) is 23.5 Å². The molecule has 2 atom stereocenters. The molecular formula is C16H20N2O14S2. The van der Waals surface area contributed by atoms with Crippen molar-refractivity contribution in [2.24, 2.45) is 0 Å². The van der Waals surface area contributed by atoms with Crippen LogP contribution in [0, 0.1) is 0 Å². The standard InChI is InChI=1S/C16H20N2O14S2/c19-10-5-8(33(27,28)29)14(23)17(10)7(3-1-2-4-12(21)22)13(16(25)26)18-11(20)6-9(15(18)24)34(30,31)32/h5-7,13,19-20,23-24H,1-4H2,(H,21,22)(H,25,26)(H,27,28,29)(H,30,31,32)/i13D. The minimum atomic E-state index is -5.26. The quantitative estimate of drug-likeness (QED) is 0.142. The van der Waals surface area contributed by atoms with E-state index in [1.54, 1.807) is 0 Å². The fourth-order valence-corrected chi connectivity index (χ4v) is 4.42. The van der Waals surface area contributed by atoms with Crippen molar-refractivity contribution >= 4 is 32.2 Å². The van der Waals surface area contributed by atoms with Crippen molar-refractivity contribution in [3.8, 4) is 23.5 Å². The lowest BCUT2D eigenvalue weighted by molar-refractivity contribution is -0.143. The second-order valence-electron chi connectivity index (χ2n) is 6.88. The molecule has 0 spiro atoms. The first-order valence-corrected chi connectivity index (χ1v) is 11.9. The molecule has 0 amide bonds. The topological polar surface area (TPSA) is 274 Å². The molecule has 0 fully saturated rings. The fraction of sp³-hybridized carbons (Fsp3) is 0.375. The summed E-state index contributed by atoms with van der Waals surface area (Å²) < 4.78 is 73.0. The van der Waals surface area contributed by atoms with Gasteiger partial charge in [0.1, 0.15) is 0 Å². The second kappa shape index (κ2) is 9.41. The summed E-state index contributed by atoms with van der Waals surface area (Å²) in [6, 6.07) is -5.17. The van der Waals surface area contributed by atoms with Crippen molar-refractivity contribution in [2.75, 3.05) is 0 Å². The highest BCUT2D eigenvalue weighted by Gasteiger charge is 2.40. The van der Waals surface area contributed by atoms with Gasteiger partial charge in [-0.3, -0.25) is 23.0 Å². The highest BCUT2D eigenvalue weighted by Crippen LogP contribution is 2.45. The van der Waals surface area contributed by atoms with Crippen molar-refractivity contribution < 1.29 is 67.5 Å². The number of nitrogens with zero attached hydrogens (tertiary/aromatic N) is 2. The van der Waals surface area contributed by atoms with Gasteiger partial charge in [0.05, 0.1) is 7.41 Å². The normalized spacial score (nSPS) is 15.4. The molecule has 16 nitrogen and oxygen atoms in total. The summed E-state index contributed by atoms with van der Waals surface area (Å²) in [5.74, 6) is -9.20. The van der Waals surface area contributed by atoms with E-state index in [9.17, 15) is 61.1 Å². The maximum atomic E-state index is 12.3. The Labute approximate surface area is 192 Å². The Balaban J connectivity index is 2.86. The molecule has 0 aromatic carbocycles. The molecule has 2 aromatic heterocycles. The van der Waals surface area contributed by atoms with Gasteiger partial charge in [-0.2, -0.15) is 16.8 Å². The summed E-state index contributed by atoms with van der Waals surface area (Å²) in [6.07, 6.45) is -1.51. The number of carboxylic acid groups (broad SMARTS) is 2. The molecule has 0 saturated heterocycles. The Morgan fingerprint density at radius 1 is 0.853 bits per heavy atom. The van der Waals surface area contributed by atoms with Gasteiger partial charge in [-0.15, -0.1) is 0 Å². The average Bonchev–Trinajstić information content (AvgIpc) is 3.16. The summed E-state index contributed by atoms with van der Waals surface area (Å²) in [6.45, 7) is 0. The molecule has 0 saturated carbocycles. The van der Waals surface area contributed by atoms with Crippen molar-refractivity contribution in [1.29, 1.82) is 0 Å². The molecule has 0 radical (unpaired) electrons. The van der Waals surface area contributed by atoms with Crippen LogP contribution in [-0.2, 0) is 29.8 Å². The fourth-order valence-electron chi connectivity index (χ4n) is 3.26. The molecule has 18 heteroatoms. The van der Waals surface area contributed by atoms with E-state index in [0.29, 0.717) is 6.07 Å². The summed E-state index contributed by atoms with van der Waals surface area (Å²) in [5, 5.41) is 59.7. The molecule has 0 aliphatic heterocycles. The first-order valence-electron chi connectivity index (χ1n) is 9.52. The van der Waals surface area contributed by atoms with Crippen molar-refractivity contribution in [2.45, 2.75) is 47.5 Å². The summed E-state index contributed by atoms with van der Waals surface area (Å²) in [5.41, 5.74) is 0. The first kappa shape index (κ1) is 25.1. The van der Waals surface area contributed by atoms with Gasteiger partial charge in [0.25, 0.3) is 20.2 Å². The monoisotopic (exact) mass is 529 g/mol. The number of unbranched alkanes of at least 4 members (excludes halogenated alkanes) is 1. The lowest BCUT2D eigenvalue weighted by Crippen LogP contribution is -2.29. The van der Waals surface area contributed by atoms with Gasteiger partial charge in [-0.25, -0.2) is 4.79 Å². The van der Waals surface area contributed by atoms with E-state index in [1.807, 2.05) is 0 Å². The highest BCUT2D eigenvalue weighted by atomic mass is 32.2. The smallest absolute Gasteiger partial charge is 0.329 e. The van der Waals surface area contributed by atoms with Gasteiger partial charge in [-0.1, -0.05) is 6.42 Å². The number of hydrogen-bond donors (Lipinski definition) is 8. The molecule has 0 bridgehead atoms. The summed E-state index contributed by atoms with van der Waals surface area (Å²) >= 11 is 0. The van der Waals surface area contributed by atoms with E-state index >= 15 is 0 Å². The molecule has 34 heavy (non-hydrogen) atoms. The molecule has 2 unspecified atom stereocenters. The Kier molecular flexibility index (Phi) is 6.96. The Bertz CT molecular complexity index is 1380. The van der Waals surface area contributed by atoms with Crippen LogP contribution >= 0.6 is 0 Å². The van der Waals surface area contributed by atoms with Crippen LogP contribution in [0.4, 0.5) is 0 Å². The van der Waals surface area contributed by atoms with Gasteiger partial charge in [0, 0.05) is 18.6 Å². The summed E-state index contributed by atoms with van der Waals surface area (Å²) in [7, 11) is -10.5. The molecule has 190 valence electrons. The SMILES string of the molecule is [2H]C(C(=O)O)(C(CCCCC(=O)O)n1c(O)cc(S(=O)(=O)O)c1O)n1c(O)cc(S(=O)(=O)O)c1O. The number of hydrogen-bond acceptors (Lipinski definition) is 10. The summed E-state index contributed by atoms with van der Waals surface area (Å²) in [4.78, 5) is 20.4. The third-order valence-corrected chi connectivity index (χ3v) is 6.35. The molecule has 2 aromatic rings. The number of carboxylic acids is 2. The zero-order valence-electron chi connectivity index (χ0n) is 17.8. The molecule has 0 aliphatic carbocycles. The zero-order valence-corrected chi connectivity index (χ0v) is 18.4. The van der Waals surface area contributed by atoms with Gasteiger partial charge in [0.2, 0.25) is 11.8 Å². The van der Waals surface area contributed by atoms with Crippen LogP contribution < -0.4 is 0 Å². The molecular weight excluding hydrogens is 508 g/mol. The van der Waals surface area contributed by atoms with Crippen LogP contribution in [0.15, 0.2) is 21.9 Å². The maximum Gasteiger partial charge on any atom is 0.329 e. The van der Waals surface area contributed by atoms with Crippen molar-refractivity contribution in [3.63, 3.8) is 0 Å². The first-order chi connectivity index (χ1) is 15.8.